The second-order valence-electron chi connectivity index (χ2n) is 5.80. The Balaban J connectivity index is 1.99. The van der Waals surface area contributed by atoms with Gasteiger partial charge in [0.15, 0.2) is 5.82 Å². The Bertz CT molecular complexity index is 1000. The Hall–Kier alpha value is -2.25. The summed E-state index contributed by atoms with van der Waals surface area (Å²) in [6.45, 7) is 3.11. The van der Waals surface area contributed by atoms with Gasteiger partial charge in [-0.05, 0) is 13.1 Å². The fraction of sp³-hybridized carbons (Fsp3) is 0.312. The van der Waals surface area contributed by atoms with E-state index in [4.69, 9.17) is 0 Å². The molecule has 0 spiro atoms. The van der Waals surface area contributed by atoms with Gasteiger partial charge in [-0.2, -0.15) is 4.98 Å². The normalized spacial score (nSPS) is 16.3. The van der Waals surface area contributed by atoms with Gasteiger partial charge in [0, 0.05) is 37.1 Å². The first-order valence-corrected chi connectivity index (χ1v) is 8.34. The van der Waals surface area contributed by atoms with Crippen molar-refractivity contribution in [1.29, 1.82) is 0 Å². The van der Waals surface area contributed by atoms with Crippen molar-refractivity contribution in [2.75, 3.05) is 38.1 Å². The standard InChI is InChI=1S/C16H16N4O2S/c1-19-6-8-20(9-7-19)15-13(21)12-14(23-16(22)18-15)10-4-2-3-5-11(10)17-12/h2-5,17H,6-9H2,1H3. The van der Waals surface area contributed by atoms with Crippen LogP contribution in [0.4, 0.5) is 5.82 Å². The first kappa shape index (κ1) is 14.3. The van der Waals surface area contributed by atoms with Gasteiger partial charge in [-0.1, -0.05) is 29.5 Å². The minimum Gasteiger partial charge on any atom is -0.351 e. The Morgan fingerprint density at radius 2 is 1.87 bits per heavy atom. The van der Waals surface area contributed by atoms with E-state index in [1.54, 1.807) is 0 Å². The average Bonchev–Trinajstić information content (AvgIpc) is 2.86. The van der Waals surface area contributed by atoms with Crippen molar-refractivity contribution in [3.63, 3.8) is 0 Å². The van der Waals surface area contributed by atoms with E-state index in [9.17, 15) is 9.59 Å². The molecule has 0 radical (unpaired) electrons. The number of piperazine rings is 1. The van der Waals surface area contributed by atoms with Crippen LogP contribution >= 0.6 is 11.3 Å². The van der Waals surface area contributed by atoms with Crippen molar-refractivity contribution in [3.8, 4) is 0 Å². The molecule has 1 aromatic carbocycles. The molecule has 118 valence electrons. The van der Waals surface area contributed by atoms with E-state index in [0.717, 1.165) is 35.3 Å². The quantitative estimate of drug-likeness (QED) is 0.728. The minimum absolute atomic E-state index is 0.195. The van der Waals surface area contributed by atoms with Crippen molar-refractivity contribution in [3.05, 3.63) is 44.2 Å². The number of hydrogen-bond donors (Lipinski definition) is 1. The Morgan fingerprint density at radius 3 is 2.65 bits per heavy atom. The van der Waals surface area contributed by atoms with Crippen LogP contribution in [0.2, 0.25) is 0 Å². The van der Waals surface area contributed by atoms with Gasteiger partial charge in [-0.3, -0.25) is 9.59 Å². The molecule has 0 saturated carbocycles. The number of benzene rings is 1. The lowest BCUT2D eigenvalue weighted by Gasteiger charge is -2.32. The zero-order chi connectivity index (χ0) is 16.0. The summed E-state index contributed by atoms with van der Waals surface area (Å²) >= 11 is 1.03. The molecule has 3 heterocycles. The van der Waals surface area contributed by atoms with Gasteiger partial charge in [-0.25, -0.2) is 0 Å². The van der Waals surface area contributed by atoms with Gasteiger partial charge in [0.25, 0.3) is 0 Å². The highest BCUT2D eigenvalue weighted by atomic mass is 32.1. The van der Waals surface area contributed by atoms with Crippen LogP contribution in [0.3, 0.4) is 0 Å². The number of aromatic amines is 1. The highest BCUT2D eigenvalue weighted by Gasteiger charge is 2.20. The molecule has 1 N–H and O–H groups in total. The van der Waals surface area contributed by atoms with E-state index in [1.807, 2.05) is 36.2 Å². The van der Waals surface area contributed by atoms with Crippen LogP contribution < -0.4 is 15.2 Å². The maximum absolute atomic E-state index is 12.9. The van der Waals surface area contributed by atoms with Crippen molar-refractivity contribution in [2.45, 2.75) is 0 Å². The number of nitrogens with zero attached hydrogens (tertiary/aromatic N) is 3. The molecule has 0 unspecified atom stereocenters. The number of H-pyrrole nitrogens is 1. The molecule has 1 saturated heterocycles. The third-order valence-electron chi connectivity index (χ3n) is 4.28. The molecule has 7 heteroatoms. The van der Waals surface area contributed by atoms with E-state index in [1.165, 1.54) is 0 Å². The Morgan fingerprint density at radius 1 is 1.13 bits per heavy atom. The summed E-state index contributed by atoms with van der Waals surface area (Å²) < 4.78 is 0.684. The molecule has 0 atom stereocenters. The number of rotatable bonds is 1. The van der Waals surface area contributed by atoms with Crippen LogP contribution in [0, 0.1) is 0 Å². The van der Waals surface area contributed by atoms with E-state index in [-0.39, 0.29) is 16.1 Å². The van der Waals surface area contributed by atoms with Gasteiger partial charge in [-0.15, -0.1) is 0 Å². The molecule has 23 heavy (non-hydrogen) atoms. The van der Waals surface area contributed by atoms with Crippen LogP contribution in [-0.4, -0.2) is 48.1 Å². The van der Waals surface area contributed by atoms with Crippen molar-refractivity contribution in [1.82, 2.24) is 14.9 Å². The summed E-state index contributed by atoms with van der Waals surface area (Å²) in [5, 5.41) is 0.893. The van der Waals surface area contributed by atoms with Crippen LogP contribution in [0.5, 0.6) is 0 Å². The second kappa shape index (κ2) is 5.43. The highest BCUT2D eigenvalue weighted by molar-refractivity contribution is 7.17. The molecule has 1 fully saturated rings. The first-order chi connectivity index (χ1) is 11.1. The van der Waals surface area contributed by atoms with E-state index in [2.05, 4.69) is 14.9 Å². The van der Waals surface area contributed by atoms with Crippen molar-refractivity contribution in [2.24, 2.45) is 0 Å². The number of fused-ring (bicyclic) bond motifs is 3. The number of hydrogen-bond acceptors (Lipinski definition) is 6. The third kappa shape index (κ3) is 2.42. The largest absolute Gasteiger partial charge is 0.351 e. The van der Waals surface area contributed by atoms with Crippen LogP contribution in [0.1, 0.15) is 0 Å². The molecule has 3 aromatic rings. The number of anilines is 1. The molecule has 4 rings (SSSR count). The molecular weight excluding hydrogens is 312 g/mol. The molecule has 0 aliphatic carbocycles. The van der Waals surface area contributed by atoms with Crippen LogP contribution in [-0.2, 0) is 0 Å². The maximum Gasteiger partial charge on any atom is 0.329 e. The van der Waals surface area contributed by atoms with Crippen LogP contribution in [0.15, 0.2) is 33.9 Å². The van der Waals surface area contributed by atoms with E-state index < -0.39 is 0 Å². The van der Waals surface area contributed by atoms with Crippen molar-refractivity contribution < 1.29 is 0 Å². The van der Waals surface area contributed by atoms with Gasteiger partial charge < -0.3 is 14.8 Å². The second-order valence-corrected chi connectivity index (χ2v) is 6.76. The van der Waals surface area contributed by atoms with Gasteiger partial charge in [0.1, 0.15) is 5.52 Å². The molecule has 1 aliphatic heterocycles. The van der Waals surface area contributed by atoms with Crippen LogP contribution in [0.25, 0.3) is 21.1 Å². The molecule has 2 aromatic heterocycles. The summed E-state index contributed by atoms with van der Waals surface area (Å²) in [6, 6.07) is 7.64. The third-order valence-corrected chi connectivity index (χ3v) is 5.17. The number of nitrogens with one attached hydrogen (secondary N) is 1. The van der Waals surface area contributed by atoms with E-state index in [0.29, 0.717) is 23.3 Å². The Labute approximate surface area is 136 Å². The Kier molecular flexibility index (Phi) is 3.39. The monoisotopic (exact) mass is 328 g/mol. The smallest absolute Gasteiger partial charge is 0.329 e. The summed E-state index contributed by atoms with van der Waals surface area (Å²) in [4.78, 5) is 36.2. The minimum atomic E-state index is -0.337. The SMILES string of the molecule is CN1CCN(c2nc(=O)sc3c([nH]c4ccccc43)c2=O)CC1. The molecule has 1 aliphatic rings. The topological polar surface area (TPSA) is 69.3 Å². The number of aromatic nitrogens is 2. The van der Waals surface area contributed by atoms with Gasteiger partial charge >= 0.3 is 4.87 Å². The zero-order valence-electron chi connectivity index (χ0n) is 12.7. The van der Waals surface area contributed by atoms with E-state index >= 15 is 0 Å². The number of para-hydroxylation sites is 1. The molecule has 0 amide bonds. The molecule has 0 bridgehead atoms. The average molecular weight is 328 g/mol. The van der Waals surface area contributed by atoms with Gasteiger partial charge in [0.05, 0.1) is 4.70 Å². The summed E-state index contributed by atoms with van der Waals surface area (Å²) in [5.41, 5.74) is 1.14. The summed E-state index contributed by atoms with van der Waals surface area (Å²) in [6.07, 6.45) is 0. The lowest BCUT2D eigenvalue weighted by atomic mass is 10.2. The lowest BCUT2D eigenvalue weighted by Crippen LogP contribution is -2.46. The predicted octanol–water partition coefficient (Wildman–Crippen LogP) is 1.25. The fourth-order valence-corrected chi connectivity index (χ4v) is 3.81. The predicted molar refractivity (Wildman–Crippen MR) is 93.7 cm³/mol. The zero-order valence-corrected chi connectivity index (χ0v) is 13.5. The summed E-state index contributed by atoms with van der Waals surface area (Å²) in [7, 11) is 2.05. The molecule has 6 nitrogen and oxygen atoms in total. The maximum atomic E-state index is 12.9. The highest BCUT2D eigenvalue weighted by Crippen LogP contribution is 2.25. The van der Waals surface area contributed by atoms with Gasteiger partial charge in [0.2, 0.25) is 5.43 Å². The lowest BCUT2D eigenvalue weighted by molar-refractivity contribution is 0.312. The molecular formula is C16H16N4O2S. The number of likely N-dealkylation sites (N-methyl/N-ethyl adjacent to an activating group) is 1. The first-order valence-electron chi connectivity index (χ1n) is 7.53. The van der Waals surface area contributed by atoms with Crippen molar-refractivity contribution >= 4 is 38.3 Å². The summed E-state index contributed by atoms with van der Waals surface area (Å²) in [5.74, 6) is 0.265. The fourth-order valence-electron chi connectivity index (χ4n) is 2.97.